The average Bonchev–Trinajstić information content (AvgIpc) is 2.92. The molecule has 0 aliphatic carbocycles. The number of morpholine rings is 1. The van der Waals surface area contributed by atoms with Crippen molar-refractivity contribution in [2.24, 2.45) is 0 Å². The molecule has 1 unspecified atom stereocenters. The lowest BCUT2D eigenvalue weighted by molar-refractivity contribution is -0.151. The van der Waals surface area contributed by atoms with Gasteiger partial charge in [0.25, 0.3) is 0 Å². The molecule has 5 nitrogen and oxygen atoms in total. The molecule has 20 heavy (non-hydrogen) atoms. The second-order valence-corrected chi connectivity index (χ2v) is 7.31. The fourth-order valence-electron chi connectivity index (χ4n) is 2.25. The second kappa shape index (κ2) is 5.42. The minimum atomic E-state index is -3.50. The van der Waals surface area contributed by atoms with Crippen LogP contribution < -0.4 is 0 Å². The third-order valence-corrected chi connectivity index (χ3v) is 6.34. The second-order valence-electron chi connectivity index (χ2n) is 4.50. The molecule has 0 N–H and O–H groups in total. The Morgan fingerprint density at radius 2 is 2.20 bits per heavy atom. The summed E-state index contributed by atoms with van der Waals surface area (Å²) in [7, 11) is -1.99. The van der Waals surface area contributed by atoms with Crippen LogP contribution in [-0.4, -0.2) is 45.8 Å². The number of nitrogens with zero attached hydrogens (tertiary/aromatic N) is 1. The van der Waals surface area contributed by atoms with Crippen LogP contribution in [0.15, 0.2) is 34.5 Å². The zero-order valence-corrected chi connectivity index (χ0v) is 12.6. The van der Waals surface area contributed by atoms with Gasteiger partial charge in [-0.3, -0.25) is 0 Å². The van der Waals surface area contributed by atoms with Crippen molar-refractivity contribution >= 4 is 31.4 Å². The Kier molecular flexibility index (Phi) is 3.78. The molecular weight excluding hydrogens is 298 g/mol. The van der Waals surface area contributed by atoms with Gasteiger partial charge in [-0.15, -0.1) is 11.3 Å². The molecule has 0 radical (unpaired) electrons. The lowest BCUT2D eigenvalue weighted by Crippen LogP contribution is -2.46. The molecule has 1 atom stereocenters. The SMILES string of the molecule is COC1CN(S(=O)(=O)c2csc3ccccc23)CCO1. The fourth-order valence-corrected chi connectivity index (χ4v) is 5.13. The van der Waals surface area contributed by atoms with Crippen molar-refractivity contribution in [3.63, 3.8) is 0 Å². The molecule has 0 spiro atoms. The number of rotatable bonds is 3. The third-order valence-electron chi connectivity index (χ3n) is 3.32. The van der Waals surface area contributed by atoms with Crippen LogP contribution in [0.5, 0.6) is 0 Å². The number of sulfonamides is 1. The molecule has 7 heteroatoms. The Morgan fingerprint density at radius 1 is 1.40 bits per heavy atom. The smallest absolute Gasteiger partial charge is 0.244 e. The van der Waals surface area contributed by atoms with Gasteiger partial charge in [-0.2, -0.15) is 4.31 Å². The lowest BCUT2D eigenvalue weighted by Gasteiger charge is -2.30. The van der Waals surface area contributed by atoms with E-state index in [4.69, 9.17) is 9.47 Å². The molecule has 2 heterocycles. The quantitative estimate of drug-likeness (QED) is 0.868. The first-order chi connectivity index (χ1) is 9.63. The van der Waals surface area contributed by atoms with Crippen LogP contribution in [0.4, 0.5) is 0 Å². The molecule has 1 aliphatic rings. The van der Waals surface area contributed by atoms with E-state index in [-0.39, 0.29) is 6.54 Å². The number of fused-ring (bicyclic) bond motifs is 1. The molecule has 1 fully saturated rings. The highest BCUT2D eigenvalue weighted by atomic mass is 32.2. The van der Waals surface area contributed by atoms with Crippen molar-refractivity contribution in [3.05, 3.63) is 29.6 Å². The molecule has 1 aliphatic heterocycles. The lowest BCUT2D eigenvalue weighted by atomic mass is 10.3. The maximum absolute atomic E-state index is 12.7. The maximum atomic E-state index is 12.7. The molecule has 2 aromatic rings. The summed E-state index contributed by atoms with van der Waals surface area (Å²) in [5.41, 5.74) is 0. The van der Waals surface area contributed by atoms with Gasteiger partial charge in [0.2, 0.25) is 10.0 Å². The molecule has 0 saturated carbocycles. The van der Waals surface area contributed by atoms with Gasteiger partial charge in [0.05, 0.1) is 13.2 Å². The van der Waals surface area contributed by atoms with Crippen LogP contribution >= 0.6 is 11.3 Å². The van der Waals surface area contributed by atoms with E-state index >= 15 is 0 Å². The predicted molar refractivity (Wildman–Crippen MR) is 77.3 cm³/mol. The highest BCUT2D eigenvalue weighted by Gasteiger charge is 2.32. The van der Waals surface area contributed by atoms with Crippen LogP contribution in [0.3, 0.4) is 0 Å². The Balaban J connectivity index is 1.99. The first-order valence-corrected chi connectivity index (χ1v) is 8.55. The number of thiophene rings is 1. The summed E-state index contributed by atoms with van der Waals surface area (Å²) in [6, 6.07) is 7.53. The largest absolute Gasteiger partial charge is 0.354 e. The van der Waals surface area contributed by atoms with E-state index in [2.05, 4.69) is 0 Å². The highest BCUT2D eigenvalue weighted by molar-refractivity contribution is 7.89. The molecule has 1 aromatic heterocycles. The molecule has 3 rings (SSSR count). The van der Waals surface area contributed by atoms with Crippen LogP contribution in [0.2, 0.25) is 0 Å². The molecule has 0 amide bonds. The van der Waals surface area contributed by atoms with Gasteiger partial charge in [0.15, 0.2) is 6.29 Å². The molecule has 1 saturated heterocycles. The number of ether oxygens (including phenoxy) is 2. The molecule has 108 valence electrons. The van der Waals surface area contributed by atoms with E-state index < -0.39 is 16.3 Å². The summed E-state index contributed by atoms with van der Waals surface area (Å²) in [4.78, 5) is 0.370. The maximum Gasteiger partial charge on any atom is 0.244 e. The van der Waals surface area contributed by atoms with Gasteiger partial charge >= 0.3 is 0 Å². The minimum absolute atomic E-state index is 0.225. The normalized spacial score (nSPS) is 21.4. The Labute approximate surface area is 121 Å². The topological polar surface area (TPSA) is 55.8 Å². The Hall–Kier alpha value is -0.990. The van der Waals surface area contributed by atoms with Gasteiger partial charge in [-0.25, -0.2) is 8.42 Å². The third kappa shape index (κ3) is 2.36. The summed E-state index contributed by atoms with van der Waals surface area (Å²) in [6.45, 7) is 0.926. The van der Waals surface area contributed by atoms with Crippen molar-refractivity contribution in [2.45, 2.75) is 11.2 Å². The van der Waals surface area contributed by atoms with Gasteiger partial charge in [-0.05, 0) is 6.07 Å². The zero-order valence-electron chi connectivity index (χ0n) is 11.0. The van der Waals surface area contributed by atoms with Crippen LogP contribution in [0, 0.1) is 0 Å². The number of methoxy groups -OCH3 is 1. The summed E-state index contributed by atoms with van der Waals surface area (Å²) >= 11 is 1.44. The van der Waals surface area contributed by atoms with Crippen molar-refractivity contribution in [1.82, 2.24) is 4.31 Å². The van der Waals surface area contributed by atoms with Gasteiger partial charge in [0.1, 0.15) is 4.90 Å². The van der Waals surface area contributed by atoms with Crippen LogP contribution in [0.25, 0.3) is 10.1 Å². The van der Waals surface area contributed by atoms with E-state index in [9.17, 15) is 8.42 Å². The van der Waals surface area contributed by atoms with Gasteiger partial charge < -0.3 is 9.47 Å². The summed E-state index contributed by atoms with van der Waals surface area (Å²) in [5, 5.41) is 2.48. The fraction of sp³-hybridized carbons (Fsp3) is 0.385. The molecular formula is C13H15NO4S2. The number of benzene rings is 1. The number of hydrogen-bond acceptors (Lipinski definition) is 5. The average molecular weight is 313 g/mol. The van der Waals surface area contributed by atoms with Crippen molar-refractivity contribution in [1.29, 1.82) is 0 Å². The summed E-state index contributed by atoms with van der Waals surface area (Å²) in [6.07, 6.45) is -0.497. The van der Waals surface area contributed by atoms with E-state index in [0.717, 1.165) is 10.1 Å². The van der Waals surface area contributed by atoms with Gasteiger partial charge in [-0.1, -0.05) is 18.2 Å². The van der Waals surface area contributed by atoms with E-state index in [0.29, 0.717) is 18.0 Å². The van der Waals surface area contributed by atoms with Crippen LogP contribution in [-0.2, 0) is 19.5 Å². The summed E-state index contributed by atoms with van der Waals surface area (Å²) in [5.74, 6) is 0. The van der Waals surface area contributed by atoms with Gasteiger partial charge in [0, 0.05) is 29.1 Å². The van der Waals surface area contributed by atoms with Crippen molar-refractivity contribution in [3.8, 4) is 0 Å². The van der Waals surface area contributed by atoms with Crippen LogP contribution in [0.1, 0.15) is 0 Å². The monoisotopic (exact) mass is 313 g/mol. The number of hydrogen-bond donors (Lipinski definition) is 0. The van der Waals surface area contributed by atoms with E-state index in [1.54, 1.807) is 5.38 Å². The molecule has 0 bridgehead atoms. The van der Waals surface area contributed by atoms with E-state index in [1.807, 2.05) is 24.3 Å². The predicted octanol–water partition coefficient (Wildman–Crippen LogP) is 1.89. The van der Waals surface area contributed by atoms with Crippen molar-refractivity contribution < 1.29 is 17.9 Å². The van der Waals surface area contributed by atoms with Crippen molar-refractivity contribution in [2.75, 3.05) is 26.8 Å². The highest BCUT2D eigenvalue weighted by Crippen LogP contribution is 2.31. The summed E-state index contributed by atoms with van der Waals surface area (Å²) < 4.78 is 38.3. The first-order valence-electron chi connectivity index (χ1n) is 6.23. The zero-order chi connectivity index (χ0) is 14.2. The Bertz CT molecular complexity index is 710. The molecule has 1 aromatic carbocycles. The first kappa shape index (κ1) is 14.0. The Morgan fingerprint density at radius 3 is 3.00 bits per heavy atom. The minimum Gasteiger partial charge on any atom is -0.354 e. The van der Waals surface area contributed by atoms with E-state index in [1.165, 1.54) is 22.8 Å². The standard InChI is InChI=1S/C13H15NO4S2/c1-17-13-8-14(6-7-18-13)20(15,16)12-9-19-11-5-3-2-4-10(11)12/h2-5,9,13H,6-8H2,1H3.